The predicted octanol–water partition coefficient (Wildman–Crippen LogP) is 4.40. The van der Waals surface area contributed by atoms with Crippen LogP contribution in [0.4, 0.5) is 0 Å². The number of ether oxygens (including phenoxy) is 1. The molecule has 1 heterocycles. The molecule has 0 amide bonds. The first-order valence-electron chi connectivity index (χ1n) is 7.53. The summed E-state index contributed by atoms with van der Waals surface area (Å²) in [4.78, 5) is 4.34. The van der Waals surface area contributed by atoms with Gasteiger partial charge in [-0.25, -0.2) is 0 Å². The highest BCUT2D eigenvalue weighted by Gasteiger charge is 2.10. The number of hydrogen-bond acceptors (Lipinski definition) is 4. The minimum Gasteiger partial charge on any atom is -0.417 e. The molecular weight excluding hydrogens is 264 g/mol. The van der Waals surface area contributed by atoms with Gasteiger partial charge in [0.2, 0.25) is 0 Å². The van der Waals surface area contributed by atoms with Crippen LogP contribution in [0.3, 0.4) is 0 Å². The van der Waals surface area contributed by atoms with Crippen molar-refractivity contribution in [3.8, 4) is 11.8 Å². The first-order chi connectivity index (χ1) is 10.1. The van der Waals surface area contributed by atoms with Crippen LogP contribution in [0.1, 0.15) is 49.9 Å². The first-order valence-corrected chi connectivity index (χ1v) is 7.53. The lowest BCUT2D eigenvalue weighted by molar-refractivity contribution is 0.329. The minimum absolute atomic E-state index is 0.298. The van der Waals surface area contributed by atoms with E-state index in [1.54, 1.807) is 6.26 Å². The molecule has 1 N–H and O–H groups in total. The molecule has 2 aromatic rings. The summed E-state index contributed by atoms with van der Waals surface area (Å²) in [5.74, 6) is 1.27. The van der Waals surface area contributed by atoms with Crippen LogP contribution in [0.25, 0.3) is 0 Å². The predicted molar refractivity (Wildman–Crippen MR) is 83.8 cm³/mol. The van der Waals surface area contributed by atoms with Gasteiger partial charge in [-0.15, -0.1) is 0 Å². The average Bonchev–Trinajstić information content (AvgIpc) is 2.89. The normalized spacial score (nSPS) is 11.1. The van der Waals surface area contributed by atoms with Crippen molar-refractivity contribution in [3.63, 3.8) is 0 Å². The van der Waals surface area contributed by atoms with E-state index < -0.39 is 0 Å². The van der Waals surface area contributed by atoms with Crippen molar-refractivity contribution in [2.75, 3.05) is 6.54 Å². The zero-order valence-corrected chi connectivity index (χ0v) is 13.3. The van der Waals surface area contributed by atoms with Crippen molar-refractivity contribution in [2.24, 2.45) is 0 Å². The van der Waals surface area contributed by atoms with Gasteiger partial charge in [-0.2, -0.15) is 4.98 Å². The van der Waals surface area contributed by atoms with Crippen LogP contribution in [0.2, 0.25) is 0 Å². The molecule has 114 valence electrons. The second-order valence-electron chi connectivity index (χ2n) is 5.56. The molecule has 0 aliphatic carbocycles. The zero-order chi connectivity index (χ0) is 15.2. The monoisotopic (exact) mass is 288 g/mol. The quantitative estimate of drug-likeness (QED) is 0.767. The van der Waals surface area contributed by atoms with E-state index in [9.17, 15) is 0 Å². The third-order valence-corrected chi connectivity index (χ3v) is 3.34. The molecule has 21 heavy (non-hydrogen) atoms. The molecule has 1 aromatic heterocycles. The molecule has 0 spiro atoms. The van der Waals surface area contributed by atoms with Crippen molar-refractivity contribution in [2.45, 2.75) is 46.6 Å². The number of benzene rings is 1. The SMILES string of the molecule is CCCNCc1coc(Oc2cc(C(C)C)ccc2C)n1. The molecular formula is C17H24N2O2. The largest absolute Gasteiger partial charge is 0.417 e. The van der Waals surface area contributed by atoms with Crippen molar-refractivity contribution in [3.05, 3.63) is 41.3 Å². The number of nitrogens with one attached hydrogen (secondary N) is 1. The van der Waals surface area contributed by atoms with E-state index in [4.69, 9.17) is 9.15 Å². The Hall–Kier alpha value is -1.81. The Morgan fingerprint density at radius 1 is 1.33 bits per heavy atom. The summed E-state index contributed by atoms with van der Waals surface area (Å²) < 4.78 is 11.2. The maximum atomic E-state index is 5.78. The summed E-state index contributed by atoms with van der Waals surface area (Å²) in [6, 6.07) is 6.25. The van der Waals surface area contributed by atoms with Gasteiger partial charge in [0.05, 0.1) is 5.69 Å². The third kappa shape index (κ3) is 4.33. The smallest absolute Gasteiger partial charge is 0.399 e. The minimum atomic E-state index is 0.298. The van der Waals surface area contributed by atoms with Crippen LogP contribution >= 0.6 is 0 Å². The molecule has 0 saturated carbocycles. The zero-order valence-electron chi connectivity index (χ0n) is 13.3. The summed E-state index contributed by atoms with van der Waals surface area (Å²) in [6.07, 6.45) is 3.04. The maximum Gasteiger partial charge on any atom is 0.399 e. The number of hydrogen-bond donors (Lipinski definition) is 1. The van der Waals surface area contributed by atoms with Crippen molar-refractivity contribution < 1.29 is 9.15 Å². The molecule has 2 rings (SSSR count). The fraction of sp³-hybridized carbons (Fsp3) is 0.471. The Balaban J connectivity index is 2.06. The standard InChI is InChI=1S/C17H24N2O2/c1-5-8-18-10-15-11-20-17(19-15)21-16-9-14(12(2)3)7-6-13(16)4/h6-7,9,11-12,18H,5,8,10H2,1-4H3. The molecule has 0 unspecified atom stereocenters. The highest BCUT2D eigenvalue weighted by molar-refractivity contribution is 5.39. The maximum absolute atomic E-state index is 5.78. The van der Waals surface area contributed by atoms with Gasteiger partial charge in [0.1, 0.15) is 12.0 Å². The van der Waals surface area contributed by atoms with Gasteiger partial charge in [-0.05, 0) is 43.0 Å². The van der Waals surface area contributed by atoms with Crippen molar-refractivity contribution in [1.29, 1.82) is 0 Å². The summed E-state index contributed by atoms with van der Waals surface area (Å²) in [6.45, 7) is 10.2. The lowest BCUT2D eigenvalue weighted by atomic mass is 10.0. The summed E-state index contributed by atoms with van der Waals surface area (Å²) in [7, 11) is 0. The molecule has 1 aromatic carbocycles. The molecule has 4 nitrogen and oxygen atoms in total. The molecule has 0 aliphatic rings. The van der Waals surface area contributed by atoms with Crippen LogP contribution in [-0.4, -0.2) is 11.5 Å². The van der Waals surface area contributed by atoms with E-state index in [0.29, 0.717) is 18.5 Å². The van der Waals surface area contributed by atoms with Gasteiger partial charge in [-0.3, -0.25) is 0 Å². The Kier molecular flexibility index (Phi) is 5.39. The number of nitrogens with zero attached hydrogens (tertiary/aromatic N) is 1. The van der Waals surface area contributed by atoms with Gasteiger partial charge in [0.15, 0.2) is 0 Å². The fourth-order valence-electron chi connectivity index (χ4n) is 1.99. The molecule has 4 heteroatoms. The van der Waals surface area contributed by atoms with Crippen molar-refractivity contribution in [1.82, 2.24) is 10.3 Å². The number of aryl methyl sites for hydroxylation is 1. The topological polar surface area (TPSA) is 47.3 Å². The van der Waals surface area contributed by atoms with Crippen LogP contribution in [0.5, 0.6) is 11.8 Å². The Labute approximate surface area is 126 Å². The Bertz CT molecular complexity index is 576. The van der Waals surface area contributed by atoms with E-state index >= 15 is 0 Å². The lowest BCUT2D eigenvalue weighted by Gasteiger charge is -2.10. The van der Waals surface area contributed by atoms with E-state index in [-0.39, 0.29) is 0 Å². The van der Waals surface area contributed by atoms with Gasteiger partial charge >= 0.3 is 6.08 Å². The van der Waals surface area contributed by atoms with Gasteiger partial charge in [0, 0.05) is 6.54 Å². The van der Waals surface area contributed by atoms with E-state index in [0.717, 1.165) is 30.0 Å². The van der Waals surface area contributed by atoms with Crippen LogP contribution < -0.4 is 10.1 Å². The number of aromatic nitrogens is 1. The Morgan fingerprint density at radius 2 is 2.14 bits per heavy atom. The van der Waals surface area contributed by atoms with Gasteiger partial charge < -0.3 is 14.5 Å². The first kappa shape index (κ1) is 15.6. The fourth-order valence-corrected chi connectivity index (χ4v) is 1.99. The number of rotatable bonds is 7. The highest BCUT2D eigenvalue weighted by atomic mass is 16.6. The van der Waals surface area contributed by atoms with E-state index in [2.05, 4.69) is 49.3 Å². The highest BCUT2D eigenvalue weighted by Crippen LogP contribution is 2.28. The molecule has 0 saturated heterocycles. The van der Waals surface area contributed by atoms with Crippen LogP contribution in [0.15, 0.2) is 28.9 Å². The lowest BCUT2D eigenvalue weighted by Crippen LogP contribution is -2.13. The van der Waals surface area contributed by atoms with E-state index in [1.807, 2.05) is 6.92 Å². The van der Waals surface area contributed by atoms with Crippen LogP contribution in [-0.2, 0) is 6.54 Å². The van der Waals surface area contributed by atoms with Gasteiger partial charge in [0.25, 0.3) is 0 Å². The summed E-state index contributed by atoms with van der Waals surface area (Å²) >= 11 is 0. The molecule has 0 fully saturated rings. The van der Waals surface area contributed by atoms with Gasteiger partial charge in [-0.1, -0.05) is 32.9 Å². The second-order valence-corrected chi connectivity index (χ2v) is 5.56. The third-order valence-electron chi connectivity index (χ3n) is 3.34. The second kappa shape index (κ2) is 7.27. The van der Waals surface area contributed by atoms with Crippen molar-refractivity contribution >= 4 is 0 Å². The van der Waals surface area contributed by atoms with Crippen LogP contribution in [0, 0.1) is 6.92 Å². The Morgan fingerprint density at radius 3 is 2.86 bits per heavy atom. The molecule has 0 aliphatic heterocycles. The summed E-state index contributed by atoms with van der Waals surface area (Å²) in [5.41, 5.74) is 3.17. The molecule has 0 bridgehead atoms. The molecule has 0 atom stereocenters. The average molecular weight is 288 g/mol. The number of oxazole rings is 1. The van der Waals surface area contributed by atoms with E-state index in [1.165, 1.54) is 5.56 Å². The molecule has 0 radical (unpaired) electrons. The summed E-state index contributed by atoms with van der Waals surface area (Å²) in [5, 5.41) is 3.29.